The molecule has 0 radical (unpaired) electrons. The van der Waals surface area contributed by atoms with Crippen molar-refractivity contribution in [1.82, 2.24) is 5.43 Å². The molecule has 2 aromatic carbocycles. The highest BCUT2D eigenvalue weighted by molar-refractivity contribution is 9.11. The van der Waals surface area contributed by atoms with Crippen LogP contribution in [0.1, 0.15) is 15.9 Å². The second-order valence-corrected chi connectivity index (χ2v) is 6.10. The van der Waals surface area contributed by atoms with Gasteiger partial charge < -0.3 is 10.5 Å². The number of rotatable bonds is 4. The van der Waals surface area contributed by atoms with Gasteiger partial charge in [0.15, 0.2) is 0 Å². The van der Waals surface area contributed by atoms with E-state index in [1.165, 1.54) is 6.21 Å². The lowest BCUT2D eigenvalue weighted by molar-refractivity contribution is 0.0955. The van der Waals surface area contributed by atoms with Gasteiger partial charge in [0.1, 0.15) is 5.75 Å². The van der Waals surface area contributed by atoms with Crippen LogP contribution in [0.5, 0.6) is 5.75 Å². The number of nitrogens with one attached hydrogen (secondary N) is 1. The Hall–Kier alpha value is -1.86. The third kappa shape index (κ3) is 4.08. The average molecular weight is 427 g/mol. The molecule has 0 fully saturated rings. The van der Waals surface area contributed by atoms with Gasteiger partial charge in [-0.15, -0.1) is 0 Å². The molecule has 3 N–H and O–H groups in total. The molecule has 22 heavy (non-hydrogen) atoms. The highest BCUT2D eigenvalue weighted by Crippen LogP contribution is 2.31. The van der Waals surface area contributed by atoms with E-state index < -0.39 is 0 Å². The number of ether oxygens (including phenoxy) is 1. The summed E-state index contributed by atoms with van der Waals surface area (Å²) in [5.41, 5.74) is 9.78. The zero-order valence-corrected chi connectivity index (χ0v) is 14.8. The van der Waals surface area contributed by atoms with Gasteiger partial charge in [-0.25, -0.2) is 5.43 Å². The molecule has 2 aromatic rings. The Balaban J connectivity index is 2.14. The first kappa shape index (κ1) is 16.5. The summed E-state index contributed by atoms with van der Waals surface area (Å²) >= 11 is 6.80. The number of methoxy groups -OCH3 is 1. The SMILES string of the molecule is COc1c(Br)cc(Br)cc1/C=N\NC(=O)c1cccc(N)c1. The molecule has 0 saturated heterocycles. The van der Waals surface area contributed by atoms with Crippen LogP contribution in [-0.4, -0.2) is 19.2 Å². The van der Waals surface area contributed by atoms with Gasteiger partial charge in [0.2, 0.25) is 0 Å². The third-order valence-corrected chi connectivity index (χ3v) is 3.81. The molecule has 2 rings (SSSR count). The van der Waals surface area contributed by atoms with Crippen molar-refractivity contribution in [2.45, 2.75) is 0 Å². The minimum Gasteiger partial charge on any atom is -0.495 e. The van der Waals surface area contributed by atoms with Gasteiger partial charge in [-0.05, 0) is 46.3 Å². The molecule has 114 valence electrons. The van der Waals surface area contributed by atoms with Crippen LogP contribution in [0.15, 0.2) is 50.4 Å². The van der Waals surface area contributed by atoms with Crippen molar-refractivity contribution in [3.8, 4) is 5.75 Å². The first-order chi connectivity index (χ1) is 10.5. The number of nitrogen functional groups attached to an aromatic ring is 1. The van der Waals surface area contributed by atoms with Crippen LogP contribution in [0, 0.1) is 0 Å². The third-order valence-electron chi connectivity index (χ3n) is 2.76. The summed E-state index contributed by atoms with van der Waals surface area (Å²) in [6.07, 6.45) is 1.51. The molecule has 0 heterocycles. The molecule has 0 aliphatic heterocycles. The standard InChI is InChI=1S/C15H13Br2N3O2/c1-22-14-10(5-11(16)7-13(14)17)8-19-20-15(21)9-3-2-4-12(18)6-9/h2-8H,18H2,1H3,(H,20,21)/b19-8-. The number of hydrogen-bond acceptors (Lipinski definition) is 4. The first-order valence-corrected chi connectivity index (χ1v) is 7.82. The molecule has 0 aliphatic rings. The van der Waals surface area contributed by atoms with Gasteiger partial charge in [0.05, 0.1) is 17.8 Å². The van der Waals surface area contributed by atoms with Crippen LogP contribution < -0.4 is 15.9 Å². The van der Waals surface area contributed by atoms with Crippen molar-refractivity contribution in [1.29, 1.82) is 0 Å². The second kappa shape index (κ2) is 7.42. The van der Waals surface area contributed by atoms with Gasteiger partial charge in [-0.3, -0.25) is 4.79 Å². The van der Waals surface area contributed by atoms with E-state index in [4.69, 9.17) is 10.5 Å². The van der Waals surface area contributed by atoms with Gasteiger partial charge in [0.25, 0.3) is 5.91 Å². The Kier molecular flexibility index (Phi) is 5.57. The number of carbonyl (C=O) groups is 1. The molecule has 0 bridgehead atoms. The topological polar surface area (TPSA) is 76.7 Å². The number of amides is 1. The van der Waals surface area contributed by atoms with Gasteiger partial charge in [-0.1, -0.05) is 22.0 Å². The molecule has 0 atom stereocenters. The van der Waals surface area contributed by atoms with Crippen molar-refractivity contribution < 1.29 is 9.53 Å². The van der Waals surface area contributed by atoms with Crippen molar-refractivity contribution in [2.75, 3.05) is 12.8 Å². The maximum Gasteiger partial charge on any atom is 0.271 e. The number of benzene rings is 2. The summed E-state index contributed by atoms with van der Waals surface area (Å²) in [6.45, 7) is 0. The number of halogens is 2. The average Bonchev–Trinajstić information content (AvgIpc) is 2.46. The van der Waals surface area contributed by atoms with E-state index in [9.17, 15) is 4.79 Å². The number of hydrazone groups is 1. The predicted molar refractivity (Wildman–Crippen MR) is 94.3 cm³/mol. The Morgan fingerprint density at radius 1 is 1.32 bits per heavy atom. The lowest BCUT2D eigenvalue weighted by Crippen LogP contribution is -2.17. The quantitative estimate of drug-likeness (QED) is 0.445. The van der Waals surface area contributed by atoms with Gasteiger partial charge in [0, 0.05) is 21.3 Å². The van der Waals surface area contributed by atoms with E-state index in [0.29, 0.717) is 17.0 Å². The monoisotopic (exact) mass is 425 g/mol. The molecule has 0 aromatic heterocycles. The van der Waals surface area contributed by atoms with Crippen LogP contribution in [0.4, 0.5) is 5.69 Å². The molecule has 0 aliphatic carbocycles. The number of carbonyl (C=O) groups excluding carboxylic acids is 1. The van der Waals surface area contributed by atoms with Crippen LogP contribution in [0.25, 0.3) is 0 Å². The fourth-order valence-electron chi connectivity index (χ4n) is 1.80. The molecule has 7 heteroatoms. The molecule has 1 amide bonds. The Morgan fingerprint density at radius 3 is 2.77 bits per heavy atom. The van der Waals surface area contributed by atoms with Crippen LogP contribution >= 0.6 is 31.9 Å². The number of nitrogens with two attached hydrogens (primary N) is 1. The van der Waals surface area contributed by atoms with Crippen molar-refractivity contribution in [3.63, 3.8) is 0 Å². The summed E-state index contributed by atoms with van der Waals surface area (Å²) in [5.74, 6) is 0.293. The molecular formula is C15H13Br2N3O2. The molecule has 0 saturated carbocycles. The summed E-state index contributed by atoms with van der Waals surface area (Å²) in [5, 5.41) is 3.95. The maximum atomic E-state index is 11.9. The highest BCUT2D eigenvalue weighted by atomic mass is 79.9. The molecule has 0 unspecified atom stereocenters. The Morgan fingerprint density at radius 2 is 2.09 bits per heavy atom. The number of nitrogens with zero attached hydrogens (tertiary/aromatic N) is 1. The molecule has 0 spiro atoms. The van der Waals surface area contributed by atoms with Crippen molar-refractivity contribution in [2.24, 2.45) is 5.10 Å². The lowest BCUT2D eigenvalue weighted by atomic mass is 10.2. The second-order valence-electron chi connectivity index (χ2n) is 4.33. The van der Waals surface area contributed by atoms with Crippen LogP contribution in [0.3, 0.4) is 0 Å². The van der Waals surface area contributed by atoms with E-state index in [1.807, 2.05) is 12.1 Å². The summed E-state index contributed by atoms with van der Waals surface area (Å²) < 4.78 is 6.95. The van der Waals surface area contributed by atoms with E-state index >= 15 is 0 Å². The normalized spacial score (nSPS) is 10.7. The van der Waals surface area contributed by atoms with Gasteiger partial charge in [-0.2, -0.15) is 5.10 Å². The van der Waals surface area contributed by atoms with E-state index in [-0.39, 0.29) is 5.91 Å². The smallest absolute Gasteiger partial charge is 0.271 e. The zero-order valence-electron chi connectivity index (χ0n) is 11.6. The molecule has 5 nitrogen and oxygen atoms in total. The lowest BCUT2D eigenvalue weighted by Gasteiger charge is -2.07. The van der Waals surface area contributed by atoms with Crippen LogP contribution in [0.2, 0.25) is 0 Å². The van der Waals surface area contributed by atoms with E-state index in [1.54, 1.807) is 31.4 Å². The summed E-state index contributed by atoms with van der Waals surface area (Å²) in [7, 11) is 1.57. The zero-order chi connectivity index (χ0) is 16.1. The largest absolute Gasteiger partial charge is 0.495 e. The molecular weight excluding hydrogens is 414 g/mol. The summed E-state index contributed by atoms with van der Waals surface area (Å²) in [6, 6.07) is 10.4. The van der Waals surface area contributed by atoms with E-state index in [2.05, 4.69) is 42.4 Å². The Labute approximate surface area is 144 Å². The van der Waals surface area contributed by atoms with E-state index in [0.717, 1.165) is 14.5 Å². The van der Waals surface area contributed by atoms with Gasteiger partial charge >= 0.3 is 0 Å². The minimum atomic E-state index is -0.337. The maximum absolute atomic E-state index is 11.9. The fourth-order valence-corrected chi connectivity index (χ4v) is 3.22. The highest BCUT2D eigenvalue weighted by Gasteiger charge is 2.08. The predicted octanol–water partition coefficient (Wildman–Crippen LogP) is 3.57. The van der Waals surface area contributed by atoms with Crippen molar-refractivity contribution >= 4 is 49.7 Å². The Bertz CT molecular complexity index is 733. The number of hydrogen-bond donors (Lipinski definition) is 2. The minimum absolute atomic E-state index is 0.337. The summed E-state index contributed by atoms with van der Waals surface area (Å²) in [4.78, 5) is 11.9. The van der Waals surface area contributed by atoms with Crippen molar-refractivity contribution in [3.05, 3.63) is 56.5 Å². The first-order valence-electron chi connectivity index (χ1n) is 6.23. The van der Waals surface area contributed by atoms with Crippen LogP contribution in [-0.2, 0) is 0 Å². The fraction of sp³-hybridized carbons (Fsp3) is 0.0667. The number of anilines is 1.